The van der Waals surface area contributed by atoms with Gasteiger partial charge in [0.15, 0.2) is 0 Å². The highest BCUT2D eigenvalue weighted by atomic mass is 16.1. The number of primary amides is 1. The number of amides is 1. The van der Waals surface area contributed by atoms with Crippen LogP contribution in [0.15, 0.2) is 18.3 Å². The fourth-order valence-corrected chi connectivity index (χ4v) is 1.90. The van der Waals surface area contributed by atoms with Crippen LogP contribution in [0.25, 0.3) is 0 Å². The predicted octanol–water partition coefficient (Wildman–Crippen LogP) is 1.14. The van der Waals surface area contributed by atoms with Gasteiger partial charge in [-0.25, -0.2) is 4.98 Å². The Labute approximate surface area is 111 Å². The minimum Gasteiger partial charge on any atom is -0.366 e. The number of aryl methyl sites for hydroxylation is 2. The third kappa shape index (κ3) is 2.73. The summed E-state index contributed by atoms with van der Waals surface area (Å²) in [5, 5.41) is 7.56. The molecular formula is C13H17N5O. The first kappa shape index (κ1) is 13.1. The monoisotopic (exact) mass is 259 g/mol. The second kappa shape index (κ2) is 5.09. The molecule has 0 aromatic carbocycles. The Balaban J connectivity index is 2.08. The van der Waals surface area contributed by atoms with Crippen LogP contribution < -0.4 is 11.1 Å². The zero-order chi connectivity index (χ0) is 14.0. The normalized spacial score (nSPS) is 10.5. The number of aromatic nitrogens is 3. The number of nitrogens with one attached hydrogen (secondary N) is 1. The maximum absolute atomic E-state index is 10.9. The van der Waals surface area contributed by atoms with Gasteiger partial charge in [-0.15, -0.1) is 0 Å². The molecule has 19 heavy (non-hydrogen) atoms. The average Bonchev–Trinajstić information content (AvgIpc) is 2.62. The maximum Gasteiger partial charge on any atom is 0.250 e. The largest absolute Gasteiger partial charge is 0.366 e. The Kier molecular flexibility index (Phi) is 3.50. The quantitative estimate of drug-likeness (QED) is 0.862. The maximum atomic E-state index is 10.9. The molecule has 2 aromatic rings. The number of nitrogens with two attached hydrogens (primary N) is 1. The number of carbonyl (C=O) groups excluding carboxylic acids is 1. The first-order chi connectivity index (χ1) is 8.99. The van der Waals surface area contributed by atoms with Gasteiger partial charge in [0.05, 0.1) is 11.3 Å². The van der Waals surface area contributed by atoms with Crippen LogP contribution in [0.4, 0.5) is 5.82 Å². The lowest BCUT2D eigenvalue weighted by Crippen LogP contribution is -2.11. The Hall–Kier alpha value is -2.37. The number of nitrogens with zero attached hydrogens (tertiary/aromatic N) is 3. The molecule has 100 valence electrons. The molecule has 6 nitrogen and oxygen atoms in total. The summed E-state index contributed by atoms with van der Waals surface area (Å²) in [5.74, 6) is 0.227. The molecule has 0 radical (unpaired) electrons. The molecule has 2 rings (SSSR count). The van der Waals surface area contributed by atoms with Crippen molar-refractivity contribution in [2.75, 3.05) is 5.32 Å². The zero-order valence-electron chi connectivity index (χ0n) is 11.3. The number of hydrogen-bond acceptors (Lipinski definition) is 4. The lowest BCUT2D eigenvalue weighted by molar-refractivity contribution is 0.1000. The molecule has 0 saturated heterocycles. The molecule has 0 spiro atoms. The summed E-state index contributed by atoms with van der Waals surface area (Å²) in [4.78, 5) is 15.1. The van der Waals surface area contributed by atoms with Crippen LogP contribution in [-0.2, 0) is 13.6 Å². The predicted molar refractivity (Wildman–Crippen MR) is 72.8 cm³/mol. The lowest BCUT2D eigenvalue weighted by Gasteiger charge is -2.06. The highest BCUT2D eigenvalue weighted by Gasteiger charge is 2.09. The molecule has 3 N–H and O–H groups in total. The summed E-state index contributed by atoms with van der Waals surface area (Å²) in [7, 11) is 1.92. The van der Waals surface area contributed by atoms with Gasteiger partial charge in [0.1, 0.15) is 5.82 Å². The van der Waals surface area contributed by atoms with E-state index >= 15 is 0 Å². The van der Waals surface area contributed by atoms with Gasteiger partial charge in [-0.3, -0.25) is 9.48 Å². The highest BCUT2D eigenvalue weighted by Crippen LogP contribution is 2.14. The van der Waals surface area contributed by atoms with Crippen molar-refractivity contribution in [2.24, 2.45) is 12.8 Å². The molecule has 1 amide bonds. The topological polar surface area (TPSA) is 85.8 Å². The van der Waals surface area contributed by atoms with E-state index in [9.17, 15) is 4.79 Å². The Morgan fingerprint density at radius 1 is 1.42 bits per heavy atom. The molecular weight excluding hydrogens is 242 g/mol. The van der Waals surface area contributed by atoms with Crippen molar-refractivity contribution in [3.8, 4) is 0 Å². The van der Waals surface area contributed by atoms with Crippen LogP contribution >= 0.6 is 0 Å². The molecule has 6 heteroatoms. The number of anilines is 1. The molecule has 0 saturated carbocycles. The van der Waals surface area contributed by atoms with Crippen LogP contribution in [0, 0.1) is 13.8 Å². The first-order valence-electron chi connectivity index (χ1n) is 5.98. The van der Waals surface area contributed by atoms with Gasteiger partial charge in [0.25, 0.3) is 0 Å². The van der Waals surface area contributed by atoms with Gasteiger partial charge in [0, 0.05) is 31.0 Å². The van der Waals surface area contributed by atoms with Crippen LogP contribution in [0.2, 0.25) is 0 Å². The van der Waals surface area contributed by atoms with E-state index in [0.29, 0.717) is 17.9 Å². The highest BCUT2D eigenvalue weighted by molar-refractivity contribution is 5.92. The fourth-order valence-electron chi connectivity index (χ4n) is 1.90. The molecule has 0 aliphatic heterocycles. The molecule has 2 aromatic heterocycles. The van der Waals surface area contributed by atoms with Gasteiger partial charge in [-0.2, -0.15) is 5.10 Å². The standard InChI is InChI=1S/C13H17N5O/c1-8-11(9(2)18(3)17-8)7-16-12-5-4-10(6-15-12)13(14)19/h4-6H,7H2,1-3H3,(H2,14,19)(H,15,16). The van der Waals surface area contributed by atoms with Crippen molar-refractivity contribution in [3.05, 3.63) is 40.8 Å². The van der Waals surface area contributed by atoms with Crippen molar-refractivity contribution >= 4 is 11.7 Å². The SMILES string of the molecule is Cc1nn(C)c(C)c1CNc1ccc(C(N)=O)cn1. The molecule has 2 heterocycles. The number of carbonyl (C=O) groups is 1. The Bertz CT molecular complexity index is 600. The Morgan fingerprint density at radius 3 is 2.63 bits per heavy atom. The summed E-state index contributed by atoms with van der Waals surface area (Å²) < 4.78 is 1.86. The van der Waals surface area contributed by atoms with Crippen molar-refractivity contribution in [2.45, 2.75) is 20.4 Å². The minimum atomic E-state index is -0.474. The van der Waals surface area contributed by atoms with E-state index in [1.165, 1.54) is 6.20 Å². The molecule has 0 aliphatic carbocycles. The average molecular weight is 259 g/mol. The number of hydrogen-bond donors (Lipinski definition) is 2. The zero-order valence-corrected chi connectivity index (χ0v) is 11.3. The third-order valence-corrected chi connectivity index (χ3v) is 3.15. The summed E-state index contributed by atoms with van der Waals surface area (Å²) in [6.45, 7) is 4.66. The van der Waals surface area contributed by atoms with Gasteiger partial charge in [-0.05, 0) is 26.0 Å². The van der Waals surface area contributed by atoms with E-state index in [1.807, 2.05) is 25.6 Å². The summed E-state index contributed by atoms with van der Waals surface area (Å²) >= 11 is 0. The van der Waals surface area contributed by atoms with Crippen LogP contribution in [0.3, 0.4) is 0 Å². The number of pyridine rings is 1. The van der Waals surface area contributed by atoms with Crippen molar-refractivity contribution in [1.82, 2.24) is 14.8 Å². The van der Waals surface area contributed by atoms with Gasteiger partial charge >= 0.3 is 0 Å². The van der Waals surface area contributed by atoms with Crippen LogP contribution in [0.5, 0.6) is 0 Å². The third-order valence-electron chi connectivity index (χ3n) is 3.15. The fraction of sp³-hybridized carbons (Fsp3) is 0.308. The molecule has 0 bridgehead atoms. The van der Waals surface area contributed by atoms with Crippen LogP contribution in [0.1, 0.15) is 27.3 Å². The van der Waals surface area contributed by atoms with E-state index in [2.05, 4.69) is 15.4 Å². The van der Waals surface area contributed by atoms with Crippen LogP contribution in [-0.4, -0.2) is 20.7 Å². The van der Waals surface area contributed by atoms with E-state index in [4.69, 9.17) is 5.73 Å². The van der Waals surface area contributed by atoms with E-state index in [-0.39, 0.29) is 0 Å². The second-order valence-electron chi connectivity index (χ2n) is 4.42. The molecule has 0 aliphatic rings. The molecule has 0 fully saturated rings. The second-order valence-corrected chi connectivity index (χ2v) is 4.42. The van der Waals surface area contributed by atoms with Gasteiger partial charge in [0.2, 0.25) is 5.91 Å². The van der Waals surface area contributed by atoms with Crippen molar-refractivity contribution < 1.29 is 4.79 Å². The first-order valence-corrected chi connectivity index (χ1v) is 5.98. The van der Waals surface area contributed by atoms with Crippen molar-refractivity contribution in [1.29, 1.82) is 0 Å². The van der Waals surface area contributed by atoms with Gasteiger partial charge < -0.3 is 11.1 Å². The molecule has 0 atom stereocenters. The van der Waals surface area contributed by atoms with E-state index in [1.54, 1.807) is 12.1 Å². The summed E-state index contributed by atoms with van der Waals surface area (Å²) in [6, 6.07) is 3.39. The van der Waals surface area contributed by atoms with Crippen molar-refractivity contribution in [3.63, 3.8) is 0 Å². The summed E-state index contributed by atoms with van der Waals surface area (Å²) in [6.07, 6.45) is 1.47. The van der Waals surface area contributed by atoms with E-state index in [0.717, 1.165) is 17.0 Å². The van der Waals surface area contributed by atoms with E-state index < -0.39 is 5.91 Å². The smallest absolute Gasteiger partial charge is 0.250 e. The summed E-state index contributed by atoms with van der Waals surface area (Å²) in [5.41, 5.74) is 8.84. The Morgan fingerprint density at radius 2 is 2.16 bits per heavy atom. The number of rotatable bonds is 4. The van der Waals surface area contributed by atoms with Gasteiger partial charge in [-0.1, -0.05) is 0 Å². The molecule has 0 unspecified atom stereocenters. The minimum absolute atomic E-state index is 0.402. The lowest BCUT2D eigenvalue weighted by atomic mass is 10.2.